The van der Waals surface area contributed by atoms with Crippen LogP contribution in [0.4, 0.5) is 0 Å². The van der Waals surface area contributed by atoms with Gasteiger partial charge >= 0.3 is 0 Å². The summed E-state index contributed by atoms with van der Waals surface area (Å²) in [6.07, 6.45) is 5.97. The number of hydrogen-bond donors (Lipinski definition) is 2. The van der Waals surface area contributed by atoms with E-state index in [1.807, 2.05) is 6.92 Å². The van der Waals surface area contributed by atoms with Crippen LogP contribution in [-0.4, -0.2) is 57.7 Å². The highest BCUT2D eigenvalue weighted by molar-refractivity contribution is 7.87. The minimum Gasteiger partial charge on any atom is -0.377 e. The van der Waals surface area contributed by atoms with Crippen LogP contribution >= 0.6 is 0 Å². The summed E-state index contributed by atoms with van der Waals surface area (Å²) in [4.78, 5) is 0. The van der Waals surface area contributed by atoms with Gasteiger partial charge in [-0.15, -0.1) is 0 Å². The number of methoxy groups -OCH3 is 1. The first-order chi connectivity index (χ1) is 10.0. The second-order valence-corrected chi connectivity index (χ2v) is 7.84. The highest BCUT2D eigenvalue weighted by Gasteiger charge is 2.39. The zero-order valence-corrected chi connectivity index (χ0v) is 14.0. The SMILES string of the molecule is CCNCC1CCCCN1S(=O)(=O)NCC1(OC)CCC1. The van der Waals surface area contributed by atoms with E-state index in [9.17, 15) is 8.42 Å². The van der Waals surface area contributed by atoms with E-state index in [1.165, 1.54) is 0 Å². The second-order valence-electron chi connectivity index (χ2n) is 6.13. The number of nitrogens with zero attached hydrogens (tertiary/aromatic N) is 1. The number of likely N-dealkylation sites (N-methyl/N-ethyl adjacent to an activating group) is 1. The van der Waals surface area contributed by atoms with Crippen molar-refractivity contribution in [1.82, 2.24) is 14.3 Å². The van der Waals surface area contributed by atoms with Gasteiger partial charge in [-0.1, -0.05) is 13.3 Å². The number of nitrogens with one attached hydrogen (secondary N) is 2. The van der Waals surface area contributed by atoms with Crippen molar-refractivity contribution in [3.05, 3.63) is 0 Å². The smallest absolute Gasteiger partial charge is 0.279 e. The summed E-state index contributed by atoms with van der Waals surface area (Å²) in [6, 6.07) is 0.0658. The normalized spacial score (nSPS) is 26.5. The van der Waals surface area contributed by atoms with Crippen molar-refractivity contribution in [3.8, 4) is 0 Å². The Labute approximate surface area is 128 Å². The minimum atomic E-state index is -3.42. The maximum absolute atomic E-state index is 12.6. The molecule has 1 saturated carbocycles. The first-order valence-corrected chi connectivity index (χ1v) is 9.49. The fraction of sp³-hybridized carbons (Fsp3) is 1.00. The average molecular weight is 319 g/mol. The monoisotopic (exact) mass is 319 g/mol. The molecule has 0 aromatic carbocycles. The van der Waals surface area contributed by atoms with Gasteiger partial charge in [0.15, 0.2) is 0 Å². The van der Waals surface area contributed by atoms with Crippen molar-refractivity contribution in [3.63, 3.8) is 0 Å². The summed E-state index contributed by atoms with van der Waals surface area (Å²) in [5, 5.41) is 3.27. The van der Waals surface area contributed by atoms with Crippen molar-refractivity contribution in [1.29, 1.82) is 0 Å². The molecule has 0 aromatic heterocycles. The van der Waals surface area contributed by atoms with Gasteiger partial charge in [-0.3, -0.25) is 0 Å². The van der Waals surface area contributed by atoms with E-state index < -0.39 is 10.2 Å². The van der Waals surface area contributed by atoms with Crippen LogP contribution < -0.4 is 10.0 Å². The molecule has 1 unspecified atom stereocenters. The highest BCUT2D eigenvalue weighted by Crippen LogP contribution is 2.34. The molecule has 6 nitrogen and oxygen atoms in total. The third-order valence-corrected chi connectivity index (χ3v) is 6.39. The Bertz CT molecular complexity index is 418. The van der Waals surface area contributed by atoms with Crippen LogP contribution in [0.25, 0.3) is 0 Å². The minimum absolute atomic E-state index is 0.0658. The lowest BCUT2D eigenvalue weighted by Crippen LogP contribution is -2.56. The quantitative estimate of drug-likeness (QED) is 0.696. The molecule has 7 heteroatoms. The van der Waals surface area contributed by atoms with Crippen molar-refractivity contribution < 1.29 is 13.2 Å². The summed E-state index contributed by atoms with van der Waals surface area (Å²) < 4.78 is 35.1. The second kappa shape index (κ2) is 7.37. The van der Waals surface area contributed by atoms with Gasteiger partial charge in [0.2, 0.25) is 0 Å². The summed E-state index contributed by atoms with van der Waals surface area (Å²) in [6.45, 7) is 4.64. The fourth-order valence-corrected chi connectivity index (χ4v) is 4.69. The Hall–Kier alpha value is -0.210. The van der Waals surface area contributed by atoms with Crippen molar-refractivity contribution in [2.45, 2.75) is 57.1 Å². The van der Waals surface area contributed by atoms with Crippen LogP contribution in [0, 0.1) is 0 Å². The molecular weight excluding hydrogens is 290 g/mol. The summed E-state index contributed by atoms with van der Waals surface area (Å²) in [5.41, 5.74) is -0.278. The molecule has 1 aliphatic heterocycles. The molecule has 2 rings (SSSR count). The molecule has 124 valence electrons. The van der Waals surface area contributed by atoms with E-state index in [0.717, 1.165) is 51.6 Å². The maximum atomic E-state index is 12.6. The Morgan fingerprint density at radius 1 is 1.29 bits per heavy atom. The molecule has 0 spiro atoms. The predicted octanol–water partition coefficient (Wildman–Crippen LogP) is 0.854. The molecule has 1 heterocycles. The molecule has 0 bridgehead atoms. The van der Waals surface area contributed by atoms with E-state index in [-0.39, 0.29) is 11.6 Å². The van der Waals surface area contributed by atoms with Crippen LogP contribution in [-0.2, 0) is 14.9 Å². The summed E-state index contributed by atoms with van der Waals surface area (Å²) in [7, 11) is -1.75. The van der Waals surface area contributed by atoms with Gasteiger partial charge in [0, 0.05) is 32.8 Å². The van der Waals surface area contributed by atoms with Crippen LogP contribution in [0.2, 0.25) is 0 Å². The lowest BCUT2D eigenvalue weighted by molar-refractivity contribution is -0.0661. The zero-order valence-electron chi connectivity index (χ0n) is 13.2. The molecule has 1 atom stereocenters. The molecule has 2 fully saturated rings. The van der Waals surface area contributed by atoms with Crippen LogP contribution in [0.15, 0.2) is 0 Å². The van der Waals surface area contributed by atoms with Gasteiger partial charge in [0.05, 0.1) is 5.60 Å². The Kier molecular flexibility index (Phi) is 6.02. The van der Waals surface area contributed by atoms with Gasteiger partial charge in [-0.05, 0) is 38.6 Å². The Morgan fingerprint density at radius 2 is 2.05 bits per heavy atom. The van der Waals surface area contributed by atoms with Crippen LogP contribution in [0.3, 0.4) is 0 Å². The topological polar surface area (TPSA) is 70.7 Å². The van der Waals surface area contributed by atoms with Crippen molar-refractivity contribution in [2.24, 2.45) is 0 Å². The first kappa shape index (κ1) is 17.1. The zero-order chi connectivity index (χ0) is 15.3. The van der Waals surface area contributed by atoms with Gasteiger partial charge < -0.3 is 10.1 Å². The molecule has 2 aliphatic rings. The third kappa shape index (κ3) is 4.16. The van der Waals surface area contributed by atoms with Crippen molar-refractivity contribution >= 4 is 10.2 Å². The van der Waals surface area contributed by atoms with Crippen LogP contribution in [0.5, 0.6) is 0 Å². The van der Waals surface area contributed by atoms with E-state index in [0.29, 0.717) is 13.1 Å². The first-order valence-electron chi connectivity index (χ1n) is 8.05. The standard InChI is InChI=1S/C14H29N3O3S/c1-3-15-11-13-7-4-5-10-17(13)21(18,19)16-12-14(20-2)8-6-9-14/h13,15-16H,3-12H2,1-2H3. The van der Waals surface area contributed by atoms with E-state index in [2.05, 4.69) is 10.0 Å². The van der Waals surface area contributed by atoms with Gasteiger partial charge in [-0.25, -0.2) is 0 Å². The van der Waals surface area contributed by atoms with Crippen molar-refractivity contribution in [2.75, 3.05) is 33.3 Å². The number of hydrogen-bond acceptors (Lipinski definition) is 4. The lowest BCUT2D eigenvalue weighted by atomic mass is 9.80. The number of piperidine rings is 1. The van der Waals surface area contributed by atoms with Gasteiger partial charge in [0.1, 0.15) is 0 Å². The van der Waals surface area contributed by atoms with Gasteiger partial charge in [-0.2, -0.15) is 17.4 Å². The van der Waals surface area contributed by atoms with Crippen LogP contribution in [0.1, 0.15) is 45.4 Å². The maximum Gasteiger partial charge on any atom is 0.279 e. The number of rotatable bonds is 8. The Morgan fingerprint density at radius 3 is 2.62 bits per heavy atom. The molecule has 0 aromatic rings. The molecule has 1 saturated heterocycles. The average Bonchev–Trinajstić information content (AvgIpc) is 2.44. The predicted molar refractivity (Wildman–Crippen MR) is 83.4 cm³/mol. The lowest BCUT2D eigenvalue weighted by Gasteiger charge is -2.41. The molecular formula is C14H29N3O3S. The van der Waals surface area contributed by atoms with E-state index in [4.69, 9.17) is 4.74 Å². The molecule has 21 heavy (non-hydrogen) atoms. The molecule has 2 N–H and O–H groups in total. The third-order valence-electron chi connectivity index (χ3n) is 4.79. The Balaban J connectivity index is 1.95. The summed E-state index contributed by atoms with van der Waals surface area (Å²) >= 11 is 0. The van der Waals surface area contributed by atoms with E-state index in [1.54, 1.807) is 11.4 Å². The molecule has 1 aliphatic carbocycles. The van der Waals surface area contributed by atoms with Gasteiger partial charge in [0.25, 0.3) is 10.2 Å². The molecule has 0 amide bonds. The fourth-order valence-electron chi connectivity index (χ4n) is 3.14. The largest absolute Gasteiger partial charge is 0.377 e. The highest BCUT2D eigenvalue weighted by atomic mass is 32.2. The van der Waals surface area contributed by atoms with E-state index >= 15 is 0 Å². The number of ether oxygens (including phenoxy) is 1. The molecule has 0 radical (unpaired) electrons. The summed E-state index contributed by atoms with van der Waals surface area (Å²) in [5.74, 6) is 0.